The van der Waals surface area contributed by atoms with Crippen LogP contribution >= 0.6 is 0 Å². The summed E-state index contributed by atoms with van der Waals surface area (Å²) in [4.78, 5) is 0. The number of hydrogen-bond acceptors (Lipinski definition) is 3. The van der Waals surface area contributed by atoms with E-state index in [4.69, 9.17) is 0 Å². The summed E-state index contributed by atoms with van der Waals surface area (Å²) in [7, 11) is 0. The van der Waals surface area contributed by atoms with Crippen LogP contribution in [0.3, 0.4) is 0 Å². The van der Waals surface area contributed by atoms with Crippen LogP contribution in [0.5, 0.6) is 0 Å². The van der Waals surface area contributed by atoms with Gasteiger partial charge in [0.05, 0.1) is 6.10 Å². The lowest BCUT2D eigenvalue weighted by atomic mass is 9.69. The molecule has 20 heavy (non-hydrogen) atoms. The molecule has 1 rings (SSSR count). The molecule has 0 atom stereocenters. The molecule has 0 amide bonds. The van der Waals surface area contributed by atoms with Crippen molar-refractivity contribution in [3.05, 3.63) is 0 Å². The Kier molecular flexibility index (Phi) is 6.96. The first-order chi connectivity index (χ1) is 9.50. The zero-order chi connectivity index (χ0) is 15.2. The Morgan fingerprint density at radius 1 is 0.800 bits per heavy atom. The lowest BCUT2D eigenvalue weighted by Crippen LogP contribution is -2.65. The molecular weight excluding hydrogens is 250 g/mol. The average molecular weight is 285 g/mol. The molecule has 1 fully saturated rings. The third kappa shape index (κ3) is 3.55. The molecule has 3 heteroatoms. The van der Waals surface area contributed by atoms with E-state index in [1.54, 1.807) is 5.06 Å². The highest BCUT2D eigenvalue weighted by Crippen LogP contribution is 2.46. The van der Waals surface area contributed by atoms with Crippen LogP contribution in [0.25, 0.3) is 0 Å². The van der Waals surface area contributed by atoms with Gasteiger partial charge in [0.1, 0.15) is 0 Å². The summed E-state index contributed by atoms with van der Waals surface area (Å²) in [5.74, 6) is 0. The summed E-state index contributed by atoms with van der Waals surface area (Å²) in [5, 5.41) is 23.3. The number of hydroxylamine groups is 2. The first-order valence-corrected chi connectivity index (χ1v) is 8.67. The van der Waals surface area contributed by atoms with Crippen LogP contribution in [0.2, 0.25) is 0 Å². The molecule has 0 aromatic rings. The van der Waals surface area contributed by atoms with Crippen molar-refractivity contribution < 1.29 is 10.3 Å². The Hall–Kier alpha value is -0.120. The van der Waals surface area contributed by atoms with Crippen LogP contribution < -0.4 is 0 Å². The van der Waals surface area contributed by atoms with Crippen LogP contribution in [0.1, 0.15) is 91.9 Å². The van der Waals surface area contributed by atoms with Gasteiger partial charge in [-0.1, -0.05) is 53.4 Å². The van der Waals surface area contributed by atoms with E-state index < -0.39 is 0 Å². The van der Waals surface area contributed by atoms with Gasteiger partial charge in [-0.25, -0.2) is 0 Å². The maximum atomic E-state index is 11.1. The quantitative estimate of drug-likeness (QED) is 0.689. The predicted molar refractivity (Wildman–Crippen MR) is 84.0 cm³/mol. The van der Waals surface area contributed by atoms with Gasteiger partial charge in [-0.3, -0.25) is 0 Å². The Balaban J connectivity index is 3.11. The minimum Gasteiger partial charge on any atom is -0.393 e. The average Bonchev–Trinajstić information content (AvgIpc) is 2.37. The molecule has 1 aliphatic heterocycles. The second-order valence-electron chi connectivity index (χ2n) is 6.82. The molecule has 1 aliphatic rings. The Morgan fingerprint density at radius 2 is 1.10 bits per heavy atom. The Bertz CT molecular complexity index is 242. The molecule has 2 N–H and O–H groups in total. The molecule has 3 nitrogen and oxygen atoms in total. The molecule has 0 radical (unpaired) electrons. The largest absolute Gasteiger partial charge is 0.393 e. The van der Waals surface area contributed by atoms with Crippen molar-refractivity contribution in [3.8, 4) is 0 Å². The topological polar surface area (TPSA) is 43.7 Å². The van der Waals surface area contributed by atoms with Crippen molar-refractivity contribution >= 4 is 0 Å². The van der Waals surface area contributed by atoms with E-state index in [1.807, 2.05) is 0 Å². The molecule has 1 heterocycles. The fourth-order valence-electron chi connectivity index (χ4n) is 4.57. The Labute approximate surface area is 125 Å². The van der Waals surface area contributed by atoms with Crippen molar-refractivity contribution in [1.82, 2.24) is 5.06 Å². The smallest absolute Gasteiger partial charge is 0.0577 e. The number of aliphatic hydroxyl groups is 1. The molecule has 120 valence electrons. The van der Waals surface area contributed by atoms with Gasteiger partial charge < -0.3 is 10.3 Å². The normalized spacial score (nSPS) is 23.1. The maximum absolute atomic E-state index is 11.1. The molecule has 0 bridgehead atoms. The summed E-state index contributed by atoms with van der Waals surface area (Å²) in [6.07, 6.45) is 9.29. The molecule has 0 unspecified atom stereocenters. The summed E-state index contributed by atoms with van der Waals surface area (Å²) in [6.45, 7) is 8.70. The first-order valence-electron chi connectivity index (χ1n) is 8.67. The number of aliphatic hydroxyl groups excluding tert-OH is 1. The van der Waals surface area contributed by atoms with Crippen molar-refractivity contribution in [1.29, 1.82) is 0 Å². The van der Waals surface area contributed by atoms with Gasteiger partial charge in [0, 0.05) is 11.1 Å². The van der Waals surface area contributed by atoms with E-state index in [1.165, 1.54) is 0 Å². The van der Waals surface area contributed by atoms with Gasteiger partial charge in [-0.2, -0.15) is 5.06 Å². The summed E-state index contributed by atoms with van der Waals surface area (Å²) in [6, 6.07) is 0. The number of rotatable bonds is 8. The third-order valence-corrected chi connectivity index (χ3v) is 4.99. The molecule has 0 aromatic heterocycles. The van der Waals surface area contributed by atoms with E-state index in [-0.39, 0.29) is 17.2 Å². The SMILES string of the molecule is CCCC1(CCC)CC(O)CC(CCC)(CCC)N1O. The zero-order valence-corrected chi connectivity index (χ0v) is 14.0. The van der Waals surface area contributed by atoms with Crippen LogP contribution in [0.4, 0.5) is 0 Å². The van der Waals surface area contributed by atoms with Gasteiger partial charge in [0.2, 0.25) is 0 Å². The lowest BCUT2D eigenvalue weighted by Gasteiger charge is -2.56. The van der Waals surface area contributed by atoms with E-state index in [0.29, 0.717) is 0 Å². The van der Waals surface area contributed by atoms with Gasteiger partial charge >= 0.3 is 0 Å². The summed E-state index contributed by atoms with van der Waals surface area (Å²) in [5.41, 5.74) is -0.434. The number of nitrogens with zero attached hydrogens (tertiary/aromatic N) is 1. The molecule has 1 saturated heterocycles. The van der Waals surface area contributed by atoms with E-state index in [0.717, 1.165) is 64.2 Å². The standard InChI is InChI=1S/C17H35NO2/c1-5-9-16(10-6-2)13-15(19)14-17(11-7-3,12-8-4)18(16)20/h15,19-20H,5-14H2,1-4H3. The van der Waals surface area contributed by atoms with Crippen molar-refractivity contribution in [2.75, 3.05) is 0 Å². The van der Waals surface area contributed by atoms with Crippen LogP contribution in [0, 0.1) is 0 Å². The van der Waals surface area contributed by atoms with Gasteiger partial charge in [-0.15, -0.1) is 0 Å². The van der Waals surface area contributed by atoms with Crippen LogP contribution in [-0.2, 0) is 0 Å². The zero-order valence-electron chi connectivity index (χ0n) is 14.0. The fraction of sp³-hybridized carbons (Fsp3) is 1.00. The minimum atomic E-state index is -0.269. The van der Waals surface area contributed by atoms with Gasteiger partial charge in [0.25, 0.3) is 0 Å². The number of piperidine rings is 1. The molecular formula is C17H35NO2. The monoisotopic (exact) mass is 285 g/mol. The second kappa shape index (κ2) is 7.77. The van der Waals surface area contributed by atoms with Crippen LogP contribution in [-0.4, -0.2) is 32.6 Å². The summed E-state index contributed by atoms with van der Waals surface area (Å²) >= 11 is 0. The van der Waals surface area contributed by atoms with Crippen molar-refractivity contribution in [2.45, 2.75) is 109 Å². The molecule has 0 saturated carbocycles. The molecule has 0 aromatic carbocycles. The third-order valence-electron chi connectivity index (χ3n) is 4.99. The number of hydrogen-bond donors (Lipinski definition) is 2. The van der Waals surface area contributed by atoms with E-state index >= 15 is 0 Å². The first kappa shape index (κ1) is 17.9. The minimum absolute atomic E-state index is 0.217. The van der Waals surface area contributed by atoms with E-state index in [2.05, 4.69) is 27.7 Å². The second-order valence-corrected chi connectivity index (χ2v) is 6.82. The highest BCUT2D eigenvalue weighted by atomic mass is 16.5. The van der Waals surface area contributed by atoms with Crippen molar-refractivity contribution in [2.24, 2.45) is 0 Å². The van der Waals surface area contributed by atoms with Crippen LogP contribution in [0.15, 0.2) is 0 Å². The maximum Gasteiger partial charge on any atom is 0.0577 e. The predicted octanol–water partition coefficient (Wildman–Crippen LogP) is 4.51. The molecule has 0 aliphatic carbocycles. The van der Waals surface area contributed by atoms with E-state index in [9.17, 15) is 10.3 Å². The lowest BCUT2D eigenvalue weighted by molar-refractivity contribution is -0.285. The van der Waals surface area contributed by atoms with Crippen molar-refractivity contribution in [3.63, 3.8) is 0 Å². The fourth-order valence-corrected chi connectivity index (χ4v) is 4.57. The summed E-state index contributed by atoms with van der Waals surface area (Å²) < 4.78 is 0. The van der Waals surface area contributed by atoms with Gasteiger partial charge in [-0.05, 0) is 38.5 Å². The highest BCUT2D eigenvalue weighted by Gasteiger charge is 2.52. The molecule has 0 spiro atoms. The Morgan fingerprint density at radius 3 is 1.35 bits per heavy atom. The van der Waals surface area contributed by atoms with Gasteiger partial charge in [0.15, 0.2) is 0 Å². The highest BCUT2D eigenvalue weighted by molar-refractivity contribution is 5.04.